The number of benzene rings is 1. The predicted octanol–water partition coefficient (Wildman–Crippen LogP) is 3.54. The van der Waals surface area contributed by atoms with Crippen LogP contribution >= 0.6 is 15.9 Å². The summed E-state index contributed by atoms with van der Waals surface area (Å²) in [5.41, 5.74) is 0.875. The van der Waals surface area contributed by atoms with Gasteiger partial charge in [0.25, 0.3) is 0 Å². The molecule has 1 aliphatic heterocycles. The fourth-order valence-corrected chi connectivity index (χ4v) is 2.44. The highest BCUT2D eigenvalue weighted by atomic mass is 79.9. The van der Waals surface area contributed by atoms with Crippen LogP contribution in [0, 0.1) is 5.82 Å². The highest BCUT2D eigenvalue weighted by molar-refractivity contribution is 9.10. The number of likely N-dealkylation sites (N-methyl/N-ethyl adjacent to an activating group) is 1. The molecule has 2 rings (SSSR count). The monoisotopic (exact) mass is 299 g/mol. The maximum Gasteiger partial charge on any atom is 0.137 e. The van der Waals surface area contributed by atoms with Crippen LogP contribution < -0.4 is 5.32 Å². The number of ether oxygens (including phenoxy) is 1. The van der Waals surface area contributed by atoms with Crippen molar-refractivity contribution in [3.05, 3.63) is 45.9 Å². The largest absolute Gasteiger partial charge is 0.496 e. The van der Waals surface area contributed by atoms with Crippen molar-refractivity contribution < 1.29 is 9.13 Å². The smallest absolute Gasteiger partial charge is 0.137 e. The van der Waals surface area contributed by atoms with Crippen LogP contribution in [-0.2, 0) is 4.74 Å². The van der Waals surface area contributed by atoms with Crippen molar-refractivity contribution >= 4 is 15.9 Å². The fraction of sp³-hybridized carbons (Fsp3) is 0.385. The second-order valence-corrected chi connectivity index (χ2v) is 4.67. The summed E-state index contributed by atoms with van der Waals surface area (Å²) in [6.07, 6.45) is 2.98. The molecular formula is C13H15BrFNO. The maximum absolute atomic E-state index is 13.5. The molecule has 0 radical (unpaired) electrons. The van der Waals surface area contributed by atoms with Gasteiger partial charge in [0.05, 0.1) is 17.1 Å². The van der Waals surface area contributed by atoms with E-state index in [4.69, 9.17) is 4.74 Å². The van der Waals surface area contributed by atoms with Crippen molar-refractivity contribution in [1.82, 2.24) is 5.32 Å². The Morgan fingerprint density at radius 2 is 2.35 bits per heavy atom. The van der Waals surface area contributed by atoms with Crippen LogP contribution in [-0.4, -0.2) is 13.2 Å². The SMILES string of the molecule is CCNC(C1=CCCO1)c1cccc(F)c1Br. The van der Waals surface area contributed by atoms with Gasteiger partial charge in [0.1, 0.15) is 11.6 Å². The first-order valence-electron chi connectivity index (χ1n) is 5.74. The van der Waals surface area contributed by atoms with Gasteiger partial charge in [-0.1, -0.05) is 19.1 Å². The Kier molecular flexibility index (Phi) is 4.18. The first-order valence-corrected chi connectivity index (χ1v) is 6.53. The van der Waals surface area contributed by atoms with Crippen molar-refractivity contribution in [2.75, 3.05) is 13.2 Å². The van der Waals surface area contributed by atoms with Gasteiger partial charge in [0.15, 0.2) is 0 Å². The van der Waals surface area contributed by atoms with Crippen molar-refractivity contribution in [3.63, 3.8) is 0 Å². The van der Waals surface area contributed by atoms with E-state index in [0.717, 1.165) is 24.3 Å². The van der Waals surface area contributed by atoms with E-state index in [9.17, 15) is 4.39 Å². The molecule has 1 atom stereocenters. The summed E-state index contributed by atoms with van der Waals surface area (Å²) in [7, 11) is 0. The molecule has 1 aliphatic rings. The van der Waals surface area contributed by atoms with E-state index in [1.54, 1.807) is 6.07 Å². The summed E-state index contributed by atoms with van der Waals surface area (Å²) in [5.74, 6) is 0.641. The molecule has 0 bridgehead atoms. The summed E-state index contributed by atoms with van der Waals surface area (Å²) >= 11 is 3.30. The summed E-state index contributed by atoms with van der Waals surface area (Å²) in [5, 5.41) is 3.32. The van der Waals surface area contributed by atoms with Gasteiger partial charge in [0.2, 0.25) is 0 Å². The maximum atomic E-state index is 13.5. The molecule has 92 valence electrons. The quantitative estimate of drug-likeness (QED) is 0.918. The van der Waals surface area contributed by atoms with E-state index in [1.165, 1.54) is 6.07 Å². The first kappa shape index (κ1) is 12.6. The Bertz CT molecular complexity index is 433. The van der Waals surface area contributed by atoms with Crippen molar-refractivity contribution in [2.45, 2.75) is 19.4 Å². The van der Waals surface area contributed by atoms with Crippen molar-refractivity contribution in [3.8, 4) is 0 Å². The van der Waals surface area contributed by atoms with Gasteiger partial charge in [-0.15, -0.1) is 0 Å². The molecule has 0 saturated carbocycles. The molecular weight excluding hydrogens is 285 g/mol. The van der Waals surface area contributed by atoms with Crippen molar-refractivity contribution in [2.24, 2.45) is 0 Å². The number of rotatable bonds is 4. The van der Waals surface area contributed by atoms with Crippen LogP contribution in [0.15, 0.2) is 34.5 Å². The van der Waals surface area contributed by atoms with E-state index in [0.29, 0.717) is 11.1 Å². The summed E-state index contributed by atoms with van der Waals surface area (Å²) in [6, 6.07) is 4.99. The molecule has 2 nitrogen and oxygen atoms in total. The van der Waals surface area contributed by atoms with Crippen LogP contribution in [0.4, 0.5) is 4.39 Å². The van der Waals surface area contributed by atoms with E-state index < -0.39 is 0 Å². The molecule has 0 aromatic heterocycles. The molecule has 0 saturated heterocycles. The van der Waals surface area contributed by atoms with Gasteiger partial charge in [-0.05, 0) is 40.2 Å². The van der Waals surface area contributed by atoms with Crippen molar-refractivity contribution in [1.29, 1.82) is 0 Å². The second-order valence-electron chi connectivity index (χ2n) is 3.88. The zero-order valence-corrected chi connectivity index (χ0v) is 11.3. The van der Waals surface area contributed by atoms with Crippen LogP contribution in [0.1, 0.15) is 24.9 Å². The standard InChI is InChI=1S/C13H15BrFNO/c1-2-16-13(11-7-4-8-17-11)9-5-3-6-10(15)12(9)14/h3,5-7,13,16H,2,4,8H2,1H3. The fourth-order valence-electron chi connectivity index (χ4n) is 1.95. The molecule has 1 aromatic carbocycles. The van der Waals surface area contributed by atoms with Gasteiger partial charge in [-0.3, -0.25) is 0 Å². The minimum atomic E-state index is -0.246. The molecule has 0 spiro atoms. The molecule has 1 N–H and O–H groups in total. The molecule has 4 heteroatoms. The highest BCUT2D eigenvalue weighted by Crippen LogP contribution is 2.32. The third kappa shape index (κ3) is 2.69. The van der Waals surface area contributed by atoms with E-state index in [2.05, 4.69) is 27.3 Å². The lowest BCUT2D eigenvalue weighted by molar-refractivity contribution is 0.215. The van der Waals surface area contributed by atoms with Gasteiger partial charge >= 0.3 is 0 Å². The summed E-state index contributed by atoms with van der Waals surface area (Å²) < 4.78 is 19.6. The second kappa shape index (κ2) is 5.65. The Labute approximate surface area is 109 Å². The minimum absolute atomic E-state index is 0.0763. The number of hydrogen-bond acceptors (Lipinski definition) is 2. The lowest BCUT2D eigenvalue weighted by atomic mass is 10.0. The summed E-state index contributed by atoms with van der Waals surface area (Å²) in [4.78, 5) is 0. The number of nitrogens with one attached hydrogen (secondary N) is 1. The predicted molar refractivity (Wildman–Crippen MR) is 69.2 cm³/mol. The van der Waals surface area contributed by atoms with Crippen LogP contribution in [0.3, 0.4) is 0 Å². The first-order chi connectivity index (χ1) is 8.24. The molecule has 17 heavy (non-hydrogen) atoms. The number of hydrogen-bond donors (Lipinski definition) is 1. The Hall–Kier alpha value is -0.870. The Balaban J connectivity index is 2.35. The van der Waals surface area contributed by atoms with E-state index in [-0.39, 0.29) is 11.9 Å². The normalized spacial score (nSPS) is 16.5. The average molecular weight is 300 g/mol. The molecule has 0 amide bonds. The van der Waals surface area contributed by atoms with E-state index in [1.807, 2.05) is 13.0 Å². The lowest BCUT2D eigenvalue weighted by Crippen LogP contribution is -2.23. The van der Waals surface area contributed by atoms with Gasteiger partial charge in [-0.25, -0.2) is 4.39 Å². The van der Waals surface area contributed by atoms with Crippen LogP contribution in [0.25, 0.3) is 0 Å². The van der Waals surface area contributed by atoms with Crippen LogP contribution in [0.5, 0.6) is 0 Å². The number of halogens is 2. The minimum Gasteiger partial charge on any atom is -0.496 e. The van der Waals surface area contributed by atoms with Gasteiger partial charge in [0, 0.05) is 6.42 Å². The zero-order valence-electron chi connectivity index (χ0n) is 9.67. The average Bonchev–Trinajstić information content (AvgIpc) is 2.84. The van der Waals surface area contributed by atoms with Gasteiger partial charge < -0.3 is 10.1 Å². The molecule has 1 aromatic rings. The Morgan fingerprint density at radius 1 is 1.53 bits per heavy atom. The Morgan fingerprint density at radius 3 is 3.00 bits per heavy atom. The molecule has 1 unspecified atom stereocenters. The third-order valence-electron chi connectivity index (χ3n) is 2.72. The topological polar surface area (TPSA) is 21.3 Å². The molecule has 0 aliphatic carbocycles. The highest BCUT2D eigenvalue weighted by Gasteiger charge is 2.22. The molecule has 0 fully saturated rings. The lowest BCUT2D eigenvalue weighted by Gasteiger charge is -2.20. The third-order valence-corrected chi connectivity index (χ3v) is 3.55. The molecule has 1 heterocycles. The van der Waals surface area contributed by atoms with Gasteiger partial charge in [-0.2, -0.15) is 0 Å². The zero-order chi connectivity index (χ0) is 12.3. The van der Waals surface area contributed by atoms with Crippen LogP contribution in [0.2, 0.25) is 0 Å². The van der Waals surface area contributed by atoms with E-state index >= 15 is 0 Å². The summed E-state index contributed by atoms with van der Waals surface area (Å²) in [6.45, 7) is 3.54.